The Kier molecular flexibility index (Phi) is 8.11. The molecule has 5 N–H and O–H groups in total. The van der Waals surface area contributed by atoms with Gasteiger partial charge in [-0.3, -0.25) is 14.2 Å². The number of benzene rings is 3. The van der Waals surface area contributed by atoms with Gasteiger partial charge in [0, 0.05) is 65.8 Å². The van der Waals surface area contributed by atoms with Gasteiger partial charge >= 0.3 is 6.18 Å². The maximum Gasteiger partial charge on any atom is 0.455 e. The number of hydrogen-bond acceptors (Lipinski definition) is 4. The number of Topliss-reactive ketones (excluding diaryl/α,β-unsaturated/α-hetero) is 1. The van der Waals surface area contributed by atoms with Crippen LogP contribution in [0.15, 0.2) is 75.9 Å². The van der Waals surface area contributed by atoms with Gasteiger partial charge in [-0.1, -0.05) is 36.4 Å². The third-order valence-electron chi connectivity index (χ3n) is 5.16. The summed E-state index contributed by atoms with van der Waals surface area (Å²) in [5, 5.41) is 11.8. The molecule has 0 amide bonds. The van der Waals surface area contributed by atoms with Gasteiger partial charge in [-0.2, -0.15) is 13.2 Å². The molecule has 0 bridgehead atoms. The molecule has 3 aromatic carbocycles. The molecule has 0 aliphatic heterocycles. The Morgan fingerprint density at radius 1 is 0.882 bits per heavy atom. The number of carbonyl (C=O) groups excluding carboxylic acids is 1. The quantitative estimate of drug-likeness (QED) is 0.305. The van der Waals surface area contributed by atoms with E-state index in [1.165, 1.54) is 18.2 Å². The summed E-state index contributed by atoms with van der Waals surface area (Å²) in [5.74, 6) is -3.48. The van der Waals surface area contributed by atoms with E-state index in [0.29, 0.717) is 16.4 Å². The molecule has 0 fully saturated rings. The predicted octanol–water partition coefficient (Wildman–Crippen LogP) is 3.69. The number of rotatable bonds is 2. The molecule has 7 nitrogen and oxygen atoms in total. The van der Waals surface area contributed by atoms with Crippen LogP contribution in [-0.2, 0) is 0 Å². The molecule has 5 aromatic rings. The van der Waals surface area contributed by atoms with E-state index in [1.807, 2.05) is 0 Å². The van der Waals surface area contributed by atoms with Crippen LogP contribution in [0.1, 0.15) is 10.4 Å². The van der Waals surface area contributed by atoms with Crippen molar-refractivity contribution < 1.29 is 87.8 Å². The first-order chi connectivity index (χ1) is 14.8. The fourth-order valence-electron chi connectivity index (χ4n) is 3.82. The Labute approximate surface area is 229 Å². The number of alkyl halides is 3. The van der Waals surface area contributed by atoms with E-state index in [9.17, 15) is 27.9 Å². The number of nitrogens with zero attached hydrogens (tertiary/aromatic N) is 1. The van der Waals surface area contributed by atoms with Gasteiger partial charge in [-0.15, -0.1) is 0 Å². The number of aromatic hydroxyl groups is 1. The number of furan rings is 1. The van der Waals surface area contributed by atoms with Crippen LogP contribution in [0, 0.1) is 49.4 Å². The van der Waals surface area contributed by atoms with Crippen molar-refractivity contribution in [3.8, 4) is 11.4 Å². The van der Waals surface area contributed by atoms with E-state index < -0.39 is 28.8 Å². The second-order valence-corrected chi connectivity index (χ2v) is 6.96. The van der Waals surface area contributed by atoms with Crippen molar-refractivity contribution in [2.45, 2.75) is 6.18 Å². The Bertz CT molecular complexity index is 1580. The van der Waals surface area contributed by atoms with E-state index in [-0.39, 0.29) is 82.5 Å². The topological polar surface area (TPSA) is 135 Å². The van der Waals surface area contributed by atoms with E-state index in [2.05, 4.69) is 0 Å². The fraction of sp³-hybridized carbons (Fsp3) is 0.0435. The molecule has 2 aromatic heterocycles. The molecule has 1 radical (unpaired) electrons. The monoisotopic (exact) mass is 612 g/mol. The van der Waals surface area contributed by atoms with Gasteiger partial charge in [0.15, 0.2) is 0 Å². The normalized spacial score (nSPS) is 11.0. The Hall–Kier alpha value is -2.57. The molecule has 177 valence electrons. The molecule has 0 saturated carbocycles. The number of fused-ring (bicyclic) bond motifs is 5. The summed E-state index contributed by atoms with van der Waals surface area (Å²) in [5.41, 5.74) is -1.74. The number of carbonyl (C=O) groups is 1. The van der Waals surface area contributed by atoms with E-state index >= 15 is 0 Å². The van der Waals surface area contributed by atoms with Gasteiger partial charge in [0.05, 0.1) is 10.9 Å². The average molecular weight is 611 g/mol. The summed E-state index contributed by atoms with van der Waals surface area (Å²) >= 11 is 0. The second-order valence-electron chi connectivity index (χ2n) is 6.96. The zero-order valence-corrected chi connectivity index (χ0v) is 19.4. The molecule has 0 spiro atoms. The van der Waals surface area contributed by atoms with Gasteiger partial charge in [0.1, 0.15) is 22.5 Å². The summed E-state index contributed by atoms with van der Waals surface area (Å²) in [7, 11) is 0. The average Bonchev–Trinajstić information content (AvgIpc) is 3.12. The maximum absolute atomic E-state index is 13.3. The van der Waals surface area contributed by atoms with Crippen molar-refractivity contribution in [3.05, 3.63) is 82.6 Å². The summed E-state index contributed by atoms with van der Waals surface area (Å²) < 4.78 is 46.6. The van der Waals surface area contributed by atoms with Crippen molar-refractivity contribution in [1.82, 2.24) is 4.57 Å². The van der Waals surface area contributed by atoms with E-state index in [0.717, 1.165) is 4.57 Å². The van der Waals surface area contributed by atoms with E-state index in [4.69, 9.17) is 4.42 Å². The number of aromatic nitrogens is 1. The van der Waals surface area contributed by atoms with Crippen molar-refractivity contribution >= 4 is 38.6 Å². The van der Waals surface area contributed by atoms with Gasteiger partial charge in [-0.05, 0) is 30.3 Å². The Morgan fingerprint density at radius 2 is 1.50 bits per heavy atom. The zero-order chi connectivity index (χ0) is 21.9. The number of pyridine rings is 1. The molecule has 0 saturated heterocycles. The minimum Gasteiger partial charge on any atom is -0.506 e. The van der Waals surface area contributed by atoms with Gasteiger partial charge in [-0.25, -0.2) is 0 Å². The summed E-state index contributed by atoms with van der Waals surface area (Å²) in [6.07, 6.45) is -5.35. The molecule has 0 aliphatic carbocycles. The van der Waals surface area contributed by atoms with Crippen LogP contribution in [0.2, 0.25) is 0 Å². The first-order valence-electron chi connectivity index (χ1n) is 9.18. The van der Waals surface area contributed by atoms with Crippen molar-refractivity contribution in [1.29, 1.82) is 0 Å². The molecule has 11 heteroatoms. The zero-order valence-electron chi connectivity index (χ0n) is 17.0. The number of halogens is 3. The molecule has 34 heavy (non-hydrogen) atoms. The molecule has 0 atom stereocenters. The molecule has 2 heterocycles. The Balaban J connectivity index is 0.00000136. The van der Waals surface area contributed by atoms with Crippen LogP contribution >= 0.6 is 0 Å². The van der Waals surface area contributed by atoms with Crippen LogP contribution in [0.25, 0.3) is 38.5 Å². The molecular formula is C23H16EuF3NO6. The summed E-state index contributed by atoms with van der Waals surface area (Å²) in [6.45, 7) is 0. The number of hydrogen-bond donors (Lipinski definition) is 1. The maximum atomic E-state index is 13.3. The molecular weight excluding hydrogens is 595 g/mol. The molecule has 0 aliphatic rings. The third-order valence-corrected chi connectivity index (χ3v) is 5.16. The van der Waals surface area contributed by atoms with Gasteiger partial charge < -0.3 is 20.5 Å². The van der Waals surface area contributed by atoms with Crippen molar-refractivity contribution in [3.63, 3.8) is 0 Å². The third kappa shape index (κ3) is 4.18. The van der Waals surface area contributed by atoms with E-state index in [1.54, 1.807) is 48.5 Å². The molecule has 0 unspecified atom stereocenters. The van der Waals surface area contributed by atoms with Gasteiger partial charge in [0.2, 0.25) is 0 Å². The van der Waals surface area contributed by atoms with Crippen LogP contribution in [-0.4, -0.2) is 32.6 Å². The minimum atomic E-state index is -5.35. The van der Waals surface area contributed by atoms with Crippen LogP contribution in [0.3, 0.4) is 0 Å². The first kappa shape index (κ1) is 27.7. The Morgan fingerprint density at radius 3 is 2.15 bits per heavy atom. The number of ketones is 1. The van der Waals surface area contributed by atoms with Crippen molar-refractivity contribution in [2.75, 3.05) is 0 Å². The second kappa shape index (κ2) is 9.97. The predicted molar refractivity (Wildman–Crippen MR) is 116 cm³/mol. The first-order valence-corrected chi connectivity index (χ1v) is 9.18. The minimum absolute atomic E-state index is 0. The largest absolute Gasteiger partial charge is 0.506 e. The van der Waals surface area contributed by atoms with Crippen LogP contribution in [0.5, 0.6) is 5.75 Å². The SMILES string of the molecule is O.O.O=C(c1c(O)c2c3oc4ccccc4c3ccc2n(-c2ccccc2)c1=O)C(F)(F)F.[Eu]. The van der Waals surface area contributed by atoms with Gasteiger partial charge in [0.25, 0.3) is 11.3 Å². The number of para-hydroxylation sites is 2. The van der Waals surface area contributed by atoms with Crippen LogP contribution < -0.4 is 5.56 Å². The molecule has 5 rings (SSSR count). The summed E-state index contributed by atoms with van der Waals surface area (Å²) in [6, 6.07) is 18.0. The van der Waals surface area contributed by atoms with Crippen LogP contribution in [0.4, 0.5) is 13.2 Å². The van der Waals surface area contributed by atoms with Crippen molar-refractivity contribution in [2.24, 2.45) is 0 Å². The smallest absolute Gasteiger partial charge is 0.455 e. The fourth-order valence-corrected chi connectivity index (χ4v) is 3.82. The summed E-state index contributed by atoms with van der Waals surface area (Å²) in [4.78, 5) is 25.2. The standard InChI is InChI=1S/C23H12F3NO4.Eu.2H2O/c24-23(25,26)21(29)18-19(28)17-15(27(22(18)30)12-6-2-1-3-7-12)11-10-14-13-8-4-5-9-16(13)31-20(14)17;;;/h1-11,28H;;2*1H2.